The van der Waals surface area contributed by atoms with Gasteiger partial charge in [-0.15, -0.1) is 0 Å². The molecule has 0 aliphatic heterocycles. The van der Waals surface area contributed by atoms with E-state index < -0.39 is 21.3 Å². The van der Waals surface area contributed by atoms with E-state index in [0.717, 1.165) is 19.3 Å². The Morgan fingerprint density at radius 2 is 1.16 bits per heavy atom. The summed E-state index contributed by atoms with van der Waals surface area (Å²) in [7, 11) is 0. The fourth-order valence-electron chi connectivity index (χ4n) is 7.34. The van der Waals surface area contributed by atoms with E-state index >= 15 is 0 Å². The van der Waals surface area contributed by atoms with E-state index in [-0.39, 0.29) is 41.1 Å². The molecule has 0 aromatic heterocycles. The van der Waals surface area contributed by atoms with E-state index in [0.29, 0.717) is 5.92 Å². The van der Waals surface area contributed by atoms with Crippen LogP contribution >= 0.6 is 0 Å². The van der Waals surface area contributed by atoms with E-state index in [1.165, 1.54) is 44.5 Å². The zero-order valence-electron chi connectivity index (χ0n) is 31.3. The molecule has 0 saturated carbocycles. The Labute approximate surface area is 317 Å². The molecule has 2 aliphatic carbocycles. The van der Waals surface area contributed by atoms with Crippen LogP contribution in [0.5, 0.6) is 0 Å². The molecule has 0 N–H and O–H groups in total. The van der Waals surface area contributed by atoms with Gasteiger partial charge in [0, 0.05) is 0 Å². The molecule has 256 valence electrons. The predicted octanol–water partition coefficient (Wildman–Crippen LogP) is 5.27. The van der Waals surface area contributed by atoms with E-state index in [9.17, 15) is 0 Å². The molecule has 2 aliphatic rings. The Kier molecular flexibility index (Phi) is 12.2. The van der Waals surface area contributed by atoms with Crippen molar-refractivity contribution in [1.82, 2.24) is 0 Å². The average Bonchev–Trinajstić information content (AvgIpc) is 3.58. The number of halogens is 2. The number of hydrogen-bond donors (Lipinski definition) is 0. The van der Waals surface area contributed by atoms with Crippen molar-refractivity contribution >= 4 is 6.48 Å². The molecule has 49 heavy (non-hydrogen) atoms. The summed E-state index contributed by atoms with van der Waals surface area (Å²) < 4.78 is 5.25. The number of hydrogen-bond acceptors (Lipinski definition) is 0. The summed E-state index contributed by atoms with van der Waals surface area (Å²) in [6.07, 6.45) is 8.41. The Morgan fingerprint density at radius 1 is 0.633 bits per heavy atom. The molecule has 4 aromatic carbocycles. The summed E-state index contributed by atoms with van der Waals surface area (Å²) in [5.41, 5.74) is 13.7. The van der Waals surface area contributed by atoms with Gasteiger partial charge in [0.2, 0.25) is 0 Å². The fourth-order valence-corrected chi connectivity index (χ4v) is 16.0. The van der Waals surface area contributed by atoms with Gasteiger partial charge >= 0.3 is 295 Å². The molecule has 0 nitrogen and oxygen atoms in total. The minimum atomic E-state index is -2.73. The largest absolute Gasteiger partial charge is 1.00 e. The first-order chi connectivity index (χ1) is 22.1. The molecule has 1 atom stereocenters. The van der Waals surface area contributed by atoms with Crippen molar-refractivity contribution in [1.29, 1.82) is 0 Å². The van der Waals surface area contributed by atoms with Gasteiger partial charge in [0.25, 0.3) is 0 Å². The fraction of sp³-hybridized carbons (Fsp3) is 0.370. The predicted molar refractivity (Wildman–Crippen MR) is 202 cm³/mol. The molecule has 1 unspecified atom stereocenters. The number of fused-ring (bicyclic) bond motifs is 3. The average molecular weight is 769 g/mol. The van der Waals surface area contributed by atoms with Crippen molar-refractivity contribution in [3.8, 4) is 11.1 Å². The zero-order chi connectivity index (χ0) is 33.7. The summed E-state index contributed by atoms with van der Waals surface area (Å²) >= 11 is -2.73. The van der Waals surface area contributed by atoms with Crippen LogP contribution in [-0.2, 0) is 51.4 Å². The maximum absolute atomic E-state index is 2.73. The van der Waals surface area contributed by atoms with Crippen molar-refractivity contribution in [2.24, 2.45) is 11.3 Å². The first-order valence-corrected chi connectivity index (χ1v) is 21.3. The van der Waals surface area contributed by atoms with Crippen molar-refractivity contribution in [2.75, 3.05) is 0 Å². The van der Waals surface area contributed by atoms with Crippen LogP contribution in [-0.4, -0.2) is 3.21 Å². The molecular weight excluding hydrogens is 715 g/mol. The molecule has 0 amide bonds. The Bertz CT molecular complexity index is 1850. The van der Waals surface area contributed by atoms with Crippen LogP contribution in [0.2, 0.25) is 0 Å². The SMILES string of the molecule is CC1C=C(C(C)(C)C)C=[C]1[Zr+2](=[C](Cc1ccccc1)Cc1ccccc1)[c]1cc(C(C)(C)C)cc2c1Cc1ccc(C(C)(C)C)cc1-2.[Cl-].[Cl-]. The first-order valence-electron chi connectivity index (χ1n) is 17.7. The van der Waals surface area contributed by atoms with Gasteiger partial charge < -0.3 is 24.8 Å². The topological polar surface area (TPSA) is 0 Å². The second-order valence-corrected chi connectivity index (χ2v) is 23.5. The van der Waals surface area contributed by atoms with Crippen LogP contribution in [0.25, 0.3) is 11.1 Å². The summed E-state index contributed by atoms with van der Waals surface area (Å²) in [6.45, 7) is 23.9. The quantitative estimate of drug-likeness (QED) is 0.221. The molecule has 0 radical (unpaired) electrons. The second kappa shape index (κ2) is 15.1. The van der Waals surface area contributed by atoms with Crippen LogP contribution in [0.1, 0.15) is 103 Å². The van der Waals surface area contributed by atoms with Crippen LogP contribution in [0.3, 0.4) is 0 Å². The molecule has 0 bridgehead atoms. The molecule has 3 heteroatoms. The van der Waals surface area contributed by atoms with Crippen LogP contribution in [0.4, 0.5) is 0 Å². The maximum atomic E-state index is 2.70. The van der Waals surface area contributed by atoms with Gasteiger partial charge in [-0.25, -0.2) is 0 Å². The van der Waals surface area contributed by atoms with Crippen molar-refractivity contribution in [3.05, 3.63) is 145 Å². The molecular formula is C46H54Cl2Zr. The van der Waals surface area contributed by atoms with Crippen molar-refractivity contribution < 1.29 is 46.1 Å². The monoisotopic (exact) mass is 766 g/mol. The first kappa shape index (κ1) is 39.5. The Hall–Kier alpha value is -2.31. The van der Waals surface area contributed by atoms with Gasteiger partial charge in [0.15, 0.2) is 0 Å². The summed E-state index contributed by atoms with van der Waals surface area (Å²) in [6, 6.07) is 35.2. The van der Waals surface area contributed by atoms with E-state index in [1.807, 2.05) is 0 Å². The van der Waals surface area contributed by atoms with Crippen LogP contribution in [0.15, 0.2) is 112 Å². The third-order valence-corrected chi connectivity index (χ3v) is 18.2. The minimum absolute atomic E-state index is 0. The van der Waals surface area contributed by atoms with Gasteiger partial charge in [-0.1, -0.05) is 0 Å². The third kappa shape index (κ3) is 8.60. The summed E-state index contributed by atoms with van der Waals surface area (Å²) in [5, 5.41) is 0. The molecule has 0 fully saturated rings. The van der Waals surface area contributed by atoms with Crippen molar-refractivity contribution in [3.63, 3.8) is 0 Å². The summed E-state index contributed by atoms with van der Waals surface area (Å²) in [4.78, 5) is 0. The van der Waals surface area contributed by atoms with Gasteiger partial charge in [-0.2, -0.15) is 0 Å². The summed E-state index contributed by atoms with van der Waals surface area (Å²) in [5.74, 6) is 0.463. The van der Waals surface area contributed by atoms with Gasteiger partial charge in [0.1, 0.15) is 0 Å². The second-order valence-electron chi connectivity index (χ2n) is 17.2. The third-order valence-electron chi connectivity index (χ3n) is 10.3. The van der Waals surface area contributed by atoms with E-state index in [2.05, 4.69) is 172 Å². The van der Waals surface area contributed by atoms with E-state index in [1.54, 1.807) is 15.3 Å². The van der Waals surface area contributed by atoms with E-state index in [4.69, 9.17) is 0 Å². The van der Waals surface area contributed by atoms with Gasteiger partial charge in [-0.3, -0.25) is 0 Å². The molecule has 0 heterocycles. The molecule has 4 aromatic rings. The maximum Gasteiger partial charge on any atom is -1.00 e. The van der Waals surface area contributed by atoms with Crippen LogP contribution in [0, 0.1) is 11.3 Å². The Morgan fingerprint density at radius 3 is 1.65 bits per heavy atom. The van der Waals surface area contributed by atoms with Crippen molar-refractivity contribution in [2.45, 2.75) is 99.3 Å². The zero-order valence-corrected chi connectivity index (χ0v) is 35.2. The molecule has 0 saturated heterocycles. The molecule has 6 rings (SSSR count). The van der Waals surface area contributed by atoms with Gasteiger partial charge in [0.05, 0.1) is 0 Å². The minimum Gasteiger partial charge on any atom is -1.00 e. The van der Waals surface area contributed by atoms with Crippen LogP contribution < -0.4 is 28.1 Å². The normalized spacial score (nSPS) is 15.2. The van der Waals surface area contributed by atoms with Gasteiger partial charge in [-0.05, 0) is 0 Å². The Balaban J connectivity index is 0.00000270. The smallest absolute Gasteiger partial charge is 1.00 e. The standard InChI is InChI=1S/C21H25.C15H14.C10H15.2ClH.Zr/c1-20(2,3)16-9-7-14-11-15-8-10-17(21(4,5)6)13-19(15)18(14)12-16;1-3-8-14(9-4-1)12-7-13-15-10-5-2-6-11-15;1-8-5-6-9(7-8)10(2,3)4;;;/h7,9-10,12-13H,11H2,1-6H3;1-6,8-11H,12-13H2;6-8H,1-4H3;2*1H;/q;;;;;+2/p-2. The number of allylic oxidation sites excluding steroid dienone is 4. The number of benzene rings is 4. The number of rotatable bonds is 6. The molecule has 0 spiro atoms.